The van der Waals surface area contributed by atoms with Gasteiger partial charge in [-0.2, -0.15) is 0 Å². The molecule has 0 unspecified atom stereocenters. The molecular weight excluding hydrogens is 262 g/mol. The Morgan fingerprint density at radius 2 is 1.62 bits per heavy atom. The van der Waals surface area contributed by atoms with E-state index in [0.717, 1.165) is 23.7 Å². The summed E-state index contributed by atoms with van der Waals surface area (Å²) in [7, 11) is 0. The van der Waals surface area contributed by atoms with Crippen LogP contribution in [0, 0.1) is 6.92 Å². The van der Waals surface area contributed by atoms with E-state index >= 15 is 0 Å². The molecule has 3 nitrogen and oxygen atoms in total. The third kappa shape index (κ3) is 4.42. The van der Waals surface area contributed by atoms with Crippen LogP contribution in [0.4, 0.5) is 5.69 Å². The van der Waals surface area contributed by atoms with Crippen molar-refractivity contribution < 1.29 is 9.47 Å². The van der Waals surface area contributed by atoms with Gasteiger partial charge in [-0.3, -0.25) is 0 Å². The van der Waals surface area contributed by atoms with Crippen molar-refractivity contribution in [1.29, 1.82) is 0 Å². The van der Waals surface area contributed by atoms with E-state index in [1.165, 1.54) is 11.1 Å². The lowest BCUT2D eigenvalue weighted by Crippen LogP contribution is -2.02. The molecule has 0 spiro atoms. The van der Waals surface area contributed by atoms with E-state index in [4.69, 9.17) is 9.47 Å². The minimum atomic E-state index is 0.689. The Balaban J connectivity index is 2.01. The quantitative estimate of drug-likeness (QED) is 0.817. The number of benzene rings is 2. The second kappa shape index (κ2) is 7.58. The zero-order chi connectivity index (χ0) is 15.1. The van der Waals surface area contributed by atoms with Crippen molar-refractivity contribution in [2.75, 3.05) is 18.5 Å². The van der Waals surface area contributed by atoms with E-state index in [9.17, 15) is 0 Å². The molecule has 0 aliphatic carbocycles. The van der Waals surface area contributed by atoms with Crippen LogP contribution in [0.1, 0.15) is 25.0 Å². The average molecular weight is 285 g/mol. The first-order chi connectivity index (χ1) is 10.2. The fourth-order valence-electron chi connectivity index (χ4n) is 2.20. The van der Waals surface area contributed by atoms with Crippen LogP contribution in [0.2, 0.25) is 0 Å². The molecule has 0 aliphatic heterocycles. The predicted octanol–water partition coefficient (Wildman–Crippen LogP) is 4.40. The van der Waals surface area contributed by atoms with Crippen LogP contribution < -0.4 is 14.8 Å². The molecule has 0 atom stereocenters. The Kier molecular flexibility index (Phi) is 5.50. The fourth-order valence-corrected chi connectivity index (χ4v) is 2.20. The summed E-state index contributed by atoms with van der Waals surface area (Å²) in [6.07, 6.45) is 0. The van der Waals surface area contributed by atoms with Gasteiger partial charge < -0.3 is 14.8 Å². The van der Waals surface area contributed by atoms with Gasteiger partial charge in [0.2, 0.25) is 0 Å². The second-order valence-corrected chi connectivity index (χ2v) is 4.84. The van der Waals surface area contributed by atoms with Gasteiger partial charge in [0, 0.05) is 12.2 Å². The van der Waals surface area contributed by atoms with E-state index in [-0.39, 0.29) is 0 Å². The summed E-state index contributed by atoms with van der Waals surface area (Å²) in [4.78, 5) is 0. The van der Waals surface area contributed by atoms with Gasteiger partial charge in [0.25, 0.3) is 0 Å². The minimum Gasteiger partial charge on any atom is -0.494 e. The van der Waals surface area contributed by atoms with Gasteiger partial charge in [0.05, 0.1) is 13.2 Å². The molecule has 2 aromatic rings. The summed E-state index contributed by atoms with van der Waals surface area (Å²) in [5.41, 5.74) is 3.51. The Morgan fingerprint density at radius 3 is 2.29 bits per heavy atom. The van der Waals surface area contributed by atoms with Gasteiger partial charge in [-0.05, 0) is 62.2 Å². The molecule has 3 heteroatoms. The van der Waals surface area contributed by atoms with Crippen LogP contribution in [0.15, 0.2) is 42.5 Å². The lowest BCUT2D eigenvalue weighted by atomic mass is 10.1. The van der Waals surface area contributed by atoms with Crippen LogP contribution in [0.5, 0.6) is 11.5 Å². The topological polar surface area (TPSA) is 30.5 Å². The summed E-state index contributed by atoms with van der Waals surface area (Å²) in [5, 5.41) is 3.46. The first-order valence-electron chi connectivity index (χ1n) is 7.42. The third-order valence-corrected chi connectivity index (χ3v) is 3.20. The molecule has 0 bridgehead atoms. The molecule has 112 valence electrons. The van der Waals surface area contributed by atoms with Crippen molar-refractivity contribution in [3.8, 4) is 11.5 Å². The molecule has 0 saturated carbocycles. The lowest BCUT2D eigenvalue weighted by Gasteiger charge is -2.12. The van der Waals surface area contributed by atoms with Crippen molar-refractivity contribution in [3.05, 3.63) is 53.6 Å². The first kappa shape index (κ1) is 15.2. The van der Waals surface area contributed by atoms with Gasteiger partial charge >= 0.3 is 0 Å². The molecule has 0 aliphatic rings. The number of rotatable bonds is 7. The predicted molar refractivity (Wildman–Crippen MR) is 87.3 cm³/mol. The maximum atomic E-state index is 5.52. The Morgan fingerprint density at radius 1 is 0.905 bits per heavy atom. The zero-order valence-corrected chi connectivity index (χ0v) is 13.0. The Hall–Kier alpha value is -2.16. The first-order valence-corrected chi connectivity index (χ1v) is 7.42. The van der Waals surface area contributed by atoms with Crippen LogP contribution >= 0.6 is 0 Å². The SMILES string of the molecule is CCOc1cccc(CNc2ccc(OCC)cc2C)c1. The molecule has 0 amide bonds. The van der Waals surface area contributed by atoms with Crippen molar-refractivity contribution >= 4 is 5.69 Å². The van der Waals surface area contributed by atoms with Crippen molar-refractivity contribution in [2.45, 2.75) is 27.3 Å². The molecule has 0 heterocycles. The highest BCUT2D eigenvalue weighted by atomic mass is 16.5. The number of anilines is 1. The van der Waals surface area contributed by atoms with E-state index < -0.39 is 0 Å². The molecule has 1 N–H and O–H groups in total. The van der Waals surface area contributed by atoms with E-state index in [1.54, 1.807) is 0 Å². The minimum absolute atomic E-state index is 0.689. The lowest BCUT2D eigenvalue weighted by molar-refractivity contribution is 0.340. The fraction of sp³-hybridized carbons (Fsp3) is 0.333. The van der Waals surface area contributed by atoms with Gasteiger partial charge in [0.15, 0.2) is 0 Å². The summed E-state index contributed by atoms with van der Waals surface area (Å²) in [6.45, 7) is 8.23. The number of hydrogen-bond donors (Lipinski definition) is 1. The smallest absolute Gasteiger partial charge is 0.119 e. The zero-order valence-electron chi connectivity index (χ0n) is 13.0. The molecule has 0 radical (unpaired) electrons. The molecular formula is C18H23NO2. The van der Waals surface area contributed by atoms with Crippen molar-refractivity contribution in [3.63, 3.8) is 0 Å². The van der Waals surface area contributed by atoms with Gasteiger partial charge in [0.1, 0.15) is 11.5 Å². The average Bonchev–Trinajstić information content (AvgIpc) is 2.47. The van der Waals surface area contributed by atoms with Crippen molar-refractivity contribution in [1.82, 2.24) is 0 Å². The second-order valence-electron chi connectivity index (χ2n) is 4.84. The highest BCUT2D eigenvalue weighted by Crippen LogP contribution is 2.22. The largest absolute Gasteiger partial charge is 0.494 e. The highest BCUT2D eigenvalue weighted by Gasteiger charge is 2.02. The Labute approximate surface area is 126 Å². The van der Waals surface area contributed by atoms with Gasteiger partial charge in [-0.15, -0.1) is 0 Å². The van der Waals surface area contributed by atoms with Crippen molar-refractivity contribution in [2.24, 2.45) is 0 Å². The van der Waals surface area contributed by atoms with E-state index in [1.807, 2.05) is 32.0 Å². The van der Waals surface area contributed by atoms with E-state index in [2.05, 4.69) is 36.5 Å². The number of aryl methyl sites for hydroxylation is 1. The Bertz CT molecular complexity index is 581. The molecule has 0 aromatic heterocycles. The van der Waals surface area contributed by atoms with Crippen LogP contribution in [-0.4, -0.2) is 13.2 Å². The molecule has 0 fully saturated rings. The van der Waals surface area contributed by atoms with Gasteiger partial charge in [-0.1, -0.05) is 12.1 Å². The van der Waals surface area contributed by atoms with Crippen LogP contribution in [0.3, 0.4) is 0 Å². The maximum absolute atomic E-state index is 5.52. The maximum Gasteiger partial charge on any atom is 0.119 e. The number of hydrogen-bond acceptors (Lipinski definition) is 3. The third-order valence-electron chi connectivity index (χ3n) is 3.20. The monoisotopic (exact) mass is 285 g/mol. The number of nitrogens with one attached hydrogen (secondary N) is 1. The molecule has 0 saturated heterocycles. The van der Waals surface area contributed by atoms with Crippen LogP contribution in [0.25, 0.3) is 0 Å². The van der Waals surface area contributed by atoms with Crippen LogP contribution in [-0.2, 0) is 6.54 Å². The van der Waals surface area contributed by atoms with Gasteiger partial charge in [-0.25, -0.2) is 0 Å². The molecule has 2 aromatic carbocycles. The number of ether oxygens (including phenoxy) is 2. The summed E-state index contributed by atoms with van der Waals surface area (Å²) in [5.74, 6) is 1.83. The molecule has 2 rings (SSSR count). The van der Waals surface area contributed by atoms with E-state index in [0.29, 0.717) is 13.2 Å². The summed E-state index contributed by atoms with van der Waals surface area (Å²) in [6, 6.07) is 14.3. The summed E-state index contributed by atoms with van der Waals surface area (Å²) < 4.78 is 11.0. The highest BCUT2D eigenvalue weighted by molar-refractivity contribution is 5.54. The normalized spacial score (nSPS) is 10.2. The molecule has 21 heavy (non-hydrogen) atoms. The standard InChI is InChI=1S/C18H23NO2/c1-4-20-16-8-6-7-15(12-16)13-19-18-10-9-17(21-5-2)11-14(18)3/h6-12,19H,4-5,13H2,1-3H3. The summed E-state index contributed by atoms with van der Waals surface area (Å²) >= 11 is 0.